The molecule has 7 rings (SSSR count). The lowest BCUT2D eigenvalue weighted by Crippen LogP contribution is -2.42. The largest absolute Gasteiger partial charge is 0.496 e. The average molecular weight is 668 g/mol. The van der Waals surface area contributed by atoms with E-state index in [0.29, 0.717) is 43.6 Å². The molecule has 2 aromatic carbocycles. The number of anilines is 1. The van der Waals surface area contributed by atoms with Gasteiger partial charge in [-0.2, -0.15) is 5.10 Å². The van der Waals surface area contributed by atoms with Crippen LogP contribution in [0.25, 0.3) is 11.1 Å². The lowest BCUT2D eigenvalue weighted by atomic mass is 9.78. The number of methoxy groups -OCH3 is 1. The molecule has 0 atom stereocenters. The average Bonchev–Trinajstić information content (AvgIpc) is 3.86. The zero-order valence-electron chi connectivity index (χ0n) is 29.3. The second-order valence-corrected chi connectivity index (χ2v) is 15.3. The van der Waals surface area contributed by atoms with Gasteiger partial charge in [0.15, 0.2) is 0 Å². The summed E-state index contributed by atoms with van der Waals surface area (Å²) in [6.45, 7) is 2.84. The molecule has 1 heterocycles. The van der Waals surface area contributed by atoms with Crippen molar-refractivity contribution in [3.63, 3.8) is 0 Å². The van der Waals surface area contributed by atoms with E-state index in [-0.39, 0.29) is 35.9 Å². The number of aryl methyl sites for hydroxylation is 1. The van der Waals surface area contributed by atoms with Gasteiger partial charge < -0.3 is 19.5 Å². The van der Waals surface area contributed by atoms with Crippen molar-refractivity contribution in [3.05, 3.63) is 66.0 Å². The summed E-state index contributed by atoms with van der Waals surface area (Å²) >= 11 is 0. The van der Waals surface area contributed by atoms with Gasteiger partial charge in [0.1, 0.15) is 11.9 Å². The normalized spacial score (nSPS) is 27.3. The van der Waals surface area contributed by atoms with Crippen molar-refractivity contribution in [1.29, 1.82) is 0 Å². The van der Waals surface area contributed by atoms with Crippen molar-refractivity contribution in [2.24, 2.45) is 17.8 Å². The number of hydrogen-bond donors (Lipinski definition) is 1. The zero-order valence-corrected chi connectivity index (χ0v) is 29.3. The molecule has 49 heavy (non-hydrogen) atoms. The molecule has 0 aliphatic heterocycles. The van der Waals surface area contributed by atoms with Gasteiger partial charge in [0.25, 0.3) is 0 Å². The third-order valence-electron chi connectivity index (χ3n) is 11.8. The first kappa shape index (κ1) is 33.8. The van der Waals surface area contributed by atoms with Crippen molar-refractivity contribution in [3.8, 4) is 16.9 Å². The third-order valence-corrected chi connectivity index (χ3v) is 11.8. The summed E-state index contributed by atoms with van der Waals surface area (Å²) in [5.74, 6) is 1.80. The minimum absolute atomic E-state index is 0.0836. The van der Waals surface area contributed by atoms with E-state index in [1.54, 1.807) is 7.11 Å². The molecule has 8 nitrogen and oxygen atoms in total. The fraction of sp³-hybridized carbons (Fsp3) is 0.585. The molecular weight excluding hydrogens is 614 g/mol. The fourth-order valence-electron chi connectivity index (χ4n) is 8.51. The van der Waals surface area contributed by atoms with Gasteiger partial charge in [0, 0.05) is 29.9 Å². The molecule has 0 radical (unpaired) electrons. The van der Waals surface area contributed by atoms with Crippen molar-refractivity contribution in [1.82, 2.24) is 9.78 Å². The summed E-state index contributed by atoms with van der Waals surface area (Å²) in [6, 6.07) is 15.6. The number of hydrogen-bond acceptors (Lipinski definition) is 6. The first-order chi connectivity index (χ1) is 23.8. The molecule has 0 bridgehead atoms. The highest BCUT2D eigenvalue weighted by molar-refractivity contribution is 5.95. The number of ether oxygens (including phenoxy) is 2. The zero-order chi connectivity index (χ0) is 33.9. The molecular formula is C41H53N3O5. The van der Waals surface area contributed by atoms with Crippen LogP contribution in [0.4, 0.5) is 5.69 Å². The van der Waals surface area contributed by atoms with Gasteiger partial charge in [-0.25, -0.2) is 0 Å². The van der Waals surface area contributed by atoms with Crippen LogP contribution in [0.15, 0.2) is 54.9 Å². The van der Waals surface area contributed by atoms with E-state index in [2.05, 4.69) is 70.3 Å². The maximum absolute atomic E-state index is 14.5. The van der Waals surface area contributed by atoms with E-state index in [0.717, 1.165) is 80.5 Å². The highest BCUT2D eigenvalue weighted by Crippen LogP contribution is 2.40. The van der Waals surface area contributed by atoms with Gasteiger partial charge in [-0.3, -0.25) is 14.3 Å². The van der Waals surface area contributed by atoms with Crippen LogP contribution in [0.1, 0.15) is 113 Å². The van der Waals surface area contributed by atoms with Crippen LogP contribution in [0, 0.1) is 24.7 Å². The molecule has 8 heteroatoms. The molecule has 4 aliphatic rings. The number of aliphatic hydroxyl groups is 1. The number of rotatable bonds is 10. The minimum atomic E-state index is -0.289. The van der Waals surface area contributed by atoms with Crippen LogP contribution in [0.2, 0.25) is 0 Å². The molecule has 1 amide bonds. The summed E-state index contributed by atoms with van der Waals surface area (Å²) < 4.78 is 13.5. The predicted octanol–water partition coefficient (Wildman–Crippen LogP) is 8.16. The Bertz CT molecular complexity index is 1590. The van der Waals surface area contributed by atoms with Crippen LogP contribution < -0.4 is 9.64 Å². The summed E-state index contributed by atoms with van der Waals surface area (Å²) in [6.07, 6.45) is 16.1. The lowest BCUT2D eigenvalue weighted by molar-refractivity contribution is -0.157. The summed E-state index contributed by atoms with van der Waals surface area (Å²) in [5, 5.41) is 14.4. The van der Waals surface area contributed by atoms with Gasteiger partial charge >= 0.3 is 5.97 Å². The van der Waals surface area contributed by atoms with E-state index in [1.807, 2.05) is 6.20 Å². The van der Waals surface area contributed by atoms with Gasteiger partial charge in [-0.1, -0.05) is 24.3 Å². The second kappa shape index (κ2) is 15.1. The number of nitrogens with zero attached hydrogens (tertiary/aromatic N) is 3. The smallest absolute Gasteiger partial charge is 0.309 e. The number of esters is 1. The fourth-order valence-corrected chi connectivity index (χ4v) is 8.51. The summed E-state index contributed by atoms with van der Waals surface area (Å²) in [7, 11) is 1.73. The molecule has 1 N–H and O–H groups in total. The number of benzene rings is 2. The maximum atomic E-state index is 14.5. The molecule has 0 saturated heterocycles. The highest BCUT2D eigenvalue weighted by Gasteiger charge is 2.35. The van der Waals surface area contributed by atoms with Gasteiger partial charge in [0.05, 0.1) is 31.4 Å². The molecule has 4 saturated carbocycles. The molecule has 4 aliphatic carbocycles. The van der Waals surface area contributed by atoms with E-state index < -0.39 is 0 Å². The number of aliphatic hydroxyl groups excluding tert-OH is 1. The third kappa shape index (κ3) is 8.06. The second-order valence-electron chi connectivity index (χ2n) is 15.3. The number of amides is 1. The molecule has 0 spiro atoms. The summed E-state index contributed by atoms with van der Waals surface area (Å²) in [4.78, 5) is 29.4. The van der Waals surface area contributed by atoms with Crippen LogP contribution in [0.3, 0.4) is 0 Å². The molecule has 262 valence electrons. The van der Waals surface area contributed by atoms with Crippen molar-refractivity contribution >= 4 is 17.6 Å². The molecule has 1 aromatic heterocycles. The Kier molecular flexibility index (Phi) is 10.4. The first-order valence-electron chi connectivity index (χ1n) is 18.8. The van der Waals surface area contributed by atoms with Crippen LogP contribution in [-0.4, -0.2) is 52.6 Å². The summed E-state index contributed by atoms with van der Waals surface area (Å²) in [5.41, 5.74) is 5.71. The standard InChI is InChI=1S/C41H53N3O5/c1-27-22-33(14-21-39(27)48-2)29-8-6-28(7-9-29)25-43(36-5-3-4-32(23-36)34-24-42-44(26-34)35-15-16-35)40(46)30-12-19-38(20-13-30)49-41(47)31-10-17-37(45)18-11-31/h3-5,14,21-24,26,28-31,35,37-38,45H,6-13,15-20,25H2,1-2H3. The number of carbonyl (C=O) groups excluding carboxylic acids is 2. The topological polar surface area (TPSA) is 93.9 Å². The minimum Gasteiger partial charge on any atom is -0.496 e. The van der Waals surface area contributed by atoms with E-state index in [4.69, 9.17) is 9.47 Å². The van der Waals surface area contributed by atoms with E-state index >= 15 is 0 Å². The Hall–Kier alpha value is -3.65. The quantitative estimate of drug-likeness (QED) is 0.219. The Balaban J connectivity index is 1.03. The Morgan fingerprint density at radius 2 is 1.59 bits per heavy atom. The maximum Gasteiger partial charge on any atom is 0.309 e. The number of aromatic nitrogens is 2. The highest BCUT2D eigenvalue weighted by atomic mass is 16.5. The van der Waals surface area contributed by atoms with E-state index in [9.17, 15) is 14.7 Å². The Morgan fingerprint density at radius 1 is 0.857 bits per heavy atom. The SMILES string of the molecule is COc1ccc(C2CCC(CN(C(=O)C3CCC(OC(=O)C4CCC(O)CC4)CC3)c3cccc(-c4cnn(C5CC5)c4)c3)CC2)cc1C. The van der Waals surface area contributed by atoms with Crippen molar-refractivity contribution in [2.45, 2.75) is 121 Å². The first-order valence-corrected chi connectivity index (χ1v) is 18.8. The van der Waals surface area contributed by atoms with Gasteiger partial charge in [-0.15, -0.1) is 0 Å². The van der Waals surface area contributed by atoms with Crippen LogP contribution in [0.5, 0.6) is 5.75 Å². The van der Waals surface area contributed by atoms with Gasteiger partial charge in [-0.05, 0) is 144 Å². The Morgan fingerprint density at radius 3 is 2.29 bits per heavy atom. The monoisotopic (exact) mass is 667 g/mol. The van der Waals surface area contributed by atoms with E-state index in [1.165, 1.54) is 24.0 Å². The lowest BCUT2D eigenvalue weighted by Gasteiger charge is -2.36. The van der Waals surface area contributed by atoms with Crippen LogP contribution in [-0.2, 0) is 14.3 Å². The molecule has 4 fully saturated rings. The molecule has 0 unspecified atom stereocenters. The molecule has 3 aromatic rings. The number of carbonyl (C=O) groups is 2. The van der Waals surface area contributed by atoms with Crippen molar-refractivity contribution in [2.75, 3.05) is 18.6 Å². The predicted molar refractivity (Wildman–Crippen MR) is 191 cm³/mol. The van der Waals surface area contributed by atoms with Crippen molar-refractivity contribution < 1.29 is 24.2 Å². The van der Waals surface area contributed by atoms with Crippen LogP contribution >= 0.6 is 0 Å². The van der Waals surface area contributed by atoms with Gasteiger partial charge in [0.2, 0.25) is 5.91 Å². The Labute approximate surface area is 291 Å².